The van der Waals surface area contributed by atoms with Gasteiger partial charge in [0.25, 0.3) is 0 Å². The third kappa shape index (κ3) is 0.661. The van der Waals surface area contributed by atoms with E-state index in [2.05, 4.69) is 0 Å². The van der Waals surface area contributed by atoms with E-state index in [-0.39, 0.29) is 5.91 Å². The Morgan fingerprint density at radius 3 is 3.33 bits per heavy atom. The lowest BCUT2D eigenvalue weighted by Gasteiger charge is -2.16. The molecule has 1 saturated heterocycles. The minimum atomic E-state index is 0.198. The van der Waals surface area contributed by atoms with Crippen molar-refractivity contribution in [1.82, 2.24) is 4.90 Å². The predicted molar refractivity (Wildman–Crippen MR) is 33.8 cm³/mol. The summed E-state index contributed by atoms with van der Waals surface area (Å²) >= 11 is 0. The first-order valence-electron chi connectivity index (χ1n) is 3.33. The van der Waals surface area contributed by atoms with Crippen LogP contribution < -0.4 is 0 Å². The van der Waals surface area contributed by atoms with Crippen LogP contribution in [0.5, 0.6) is 0 Å². The van der Waals surface area contributed by atoms with Crippen LogP contribution in [-0.4, -0.2) is 23.9 Å². The maximum Gasteiger partial charge on any atom is 0.246 e. The zero-order chi connectivity index (χ0) is 6.27. The van der Waals surface area contributed by atoms with Crippen molar-refractivity contribution in [3.8, 4) is 0 Å². The summed E-state index contributed by atoms with van der Waals surface area (Å²) in [4.78, 5) is 12.8. The smallest absolute Gasteiger partial charge is 0.246 e. The molecule has 2 heterocycles. The lowest BCUT2D eigenvalue weighted by molar-refractivity contribution is -0.125. The van der Waals surface area contributed by atoms with Crippen LogP contribution in [0.2, 0.25) is 0 Å². The first-order valence-corrected chi connectivity index (χ1v) is 3.33. The maximum absolute atomic E-state index is 10.9. The second-order valence-corrected chi connectivity index (χ2v) is 2.69. The van der Waals surface area contributed by atoms with E-state index in [1.165, 1.54) is 6.42 Å². The van der Waals surface area contributed by atoms with E-state index in [9.17, 15) is 4.79 Å². The molecule has 0 N–H and O–H groups in total. The van der Waals surface area contributed by atoms with Crippen molar-refractivity contribution in [1.29, 1.82) is 0 Å². The Bertz CT molecular complexity index is 174. The average Bonchev–Trinajstić information content (AvgIpc) is 2.25. The number of rotatable bonds is 0. The van der Waals surface area contributed by atoms with Gasteiger partial charge in [-0.15, -0.1) is 0 Å². The highest BCUT2D eigenvalue weighted by Crippen LogP contribution is 2.21. The summed E-state index contributed by atoms with van der Waals surface area (Å²) in [7, 11) is 0. The second kappa shape index (κ2) is 1.59. The highest BCUT2D eigenvalue weighted by molar-refractivity contribution is 5.88. The van der Waals surface area contributed by atoms with Crippen molar-refractivity contribution >= 4 is 5.91 Å². The molecule has 0 aromatic rings. The molecule has 9 heavy (non-hydrogen) atoms. The van der Waals surface area contributed by atoms with E-state index in [4.69, 9.17) is 0 Å². The van der Waals surface area contributed by atoms with Gasteiger partial charge in [0.15, 0.2) is 0 Å². The quantitative estimate of drug-likeness (QED) is 0.456. The third-order valence-electron chi connectivity index (χ3n) is 2.05. The first-order chi connectivity index (χ1) is 4.36. The second-order valence-electron chi connectivity index (χ2n) is 2.69. The number of carbonyl (C=O) groups is 1. The topological polar surface area (TPSA) is 20.3 Å². The molecule has 48 valence electrons. The molecule has 2 aliphatic rings. The Balaban J connectivity index is 2.29. The molecule has 1 amide bonds. The summed E-state index contributed by atoms with van der Waals surface area (Å²) < 4.78 is 0. The Kier molecular flexibility index (Phi) is 0.891. The Morgan fingerprint density at radius 1 is 1.67 bits per heavy atom. The minimum Gasteiger partial charge on any atom is -0.339 e. The molecular formula is C7H9NO. The van der Waals surface area contributed by atoms with Gasteiger partial charge < -0.3 is 4.90 Å². The van der Waals surface area contributed by atoms with Crippen molar-refractivity contribution in [3.05, 3.63) is 12.2 Å². The lowest BCUT2D eigenvalue weighted by atomic mass is 10.1. The summed E-state index contributed by atoms with van der Waals surface area (Å²) in [6, 6.07) is 0. The molecule has 0 aromatic carbocycles. The van der Waals surface area contributed by atoms with Gasteiger partial charge in [0.1, 0.15) is 0 Å². The highest BCUT2D eigenvalue weighted by Gasteiger charge is 2.26. The van der Waals surface area contributed by atoms with E-state index < -0.39 is 0 Å². The molecule has 2 rings (SSSR count). The molecule has 0 aliphatic carbocycles. The zero-order valence-corrected chi connectivity index (χ0v) is 5.21. The number of amides is 1. The summed E-state index contributed by atoms with van der Waals surface area (Å²) in [6.45, 7) is 1.94. The molecular weight excluding hydrogens is 114 g/mol. The van der Waals surface area contributed by atoms with E-state index in [0.29, 0.717) is 5.92 Å². The summed E-state index contributed by atoms with van der Waals surface area (Å²) in [5.74, 6) is 0.867. The Morgan fingerprint density at radius 2 is 2.56 bits per heavy atom. The van der Waals surface area contributed by atoms with Crippen molar-refractivity contribution in [2.45, 2.75) is 6.42 Å². The molecule has 0 aromatic heterocycles. The lowest BCUT2D eigenvalue weighted by Crippen LogP contribution is -2.28. The van der Waals surface area contributed by atoms with Gasteiger partial charge in [-0.3, -0.25) is 4.79 Å². The number of hydrogen-bond donors (Lipinski definition) is 0. The molecule has 2 bridgehead atoms. The SMILES string of the molecule is O=C1C=CC2CCN1C2. The van der Waals surface area contributed by atoms with Crippen molar-refractivity contribution < 1.29 is 4.79 Å². The zero-order valence-electron chi connectivity index (χ0n) is 5.21. The van der Waals surface area contributed by atoms with Crippen LogP contribution in [0.15, 0.2) is 12.2 Å². The van der Waals surface area contributed by atoms with Gasteiger partial charge in [0.05, 0.1) is 0 Å². The van der Waals surface area contributed by atoms with Crippen LogP contribution in [0.1, 0.15) is 6.42 Å². The molecule has 1 unspecified atom stereocenters. The number of carbonyl (C=O) groups excluding carboxylic acids is 1. The van der Waals surface area contributed by atoms with E-state index in [0.717, 1.165) is 13.1 Å². The number of nitrogens with zero attached hydrogens (tertiary/aromatic N) is 1. The van der Waals surface area contributed by atoms with E-state index in [1.807, 2.05) is 11.0 Å². The molecule has 2 nitrogen and oxygen atoms in total. The van der Waals surface area contributed by atoms with E-state index in [1.54, 1.807) is 6.08 Å². The van der Waals surface area contributed by atoms with Gasteiger partial charge >= 0.3 is 0 Å². The van der Waals surface area contributed by atoms with E-state index >= 15 is 0 Å². The van der Waals surface area contributed by atoms with Crippen LogP contribution in [0, 0.1) is 5.92 Å². The molecule has 2 heteroatoms. The van der Waals surface area contributed by atoms with Gasteiger partial charge in [-0.1, -0.05) is 6.08 Å². The minimum absolute atomic E-state index is 0.198. The van der Waals surface area contributed by atoms with Crippen LogP contribution in [0.4, 0.5) is 0 Å². The molecule has 0 spiro atoms. The van der Waals surface area contributed by atoms with Crippen LogP contribution in [-0.2, 0) is 4.79 Å². The summed E-state index contributed by atoms with van der Waals surface area (Å²) in [6.07, 6.45) is 4.90. The average molecular weight is 123 g/mol. The van der Waals surface area contributed by atoms with Crippen LogP contribution in [0.3, 0.4) is 0 Å². The largest absolute Gasteiger partial charge is 0.339 e. The third-order valence-corrected chi connectivity index (χ3v) is 2.05. The predicted octanol–water partition coefficient (Wildman–Crippen LogP) is 0.405. The summed E-state index contributed by atoms with van der Waals surface area (Å²) in [5, 5.41) is 0. The number of hydrogen-bond acceptors (Lipinski definition) is 1. The fourth-order valence-electron chi connectivity index (χ4n) is 1.47. The van der Waals surface area contributed by atoms with Gasteiger partial charge in [-0.2, -0.15) is 0 Å². The van der Waals surface area contributed by atoms with Gasteiger partial charge in [0.2, 0.25) is 5.91 Å². The standard InChI is InChI=1S/C7H9NO/c9-7-2-1-6-3-4-8(7)5-6/h1-2,6H,3-5H2. The molecule has 2 aliphatic heterocycles. The van der Waals surface area contributed by atoms with Crippen LogP contribution in [0.25, 0.3) is 0 Å². The maximum atomic E-state index is 10.9. The molecule has 0 radical (unpaired) electrons. The van der Waals surface area contributed by atoms with Crippen molar-refractivity contribution in [2.24, 2.45) is 5.92 Å². The number of fused-ring (bicyclic) bond motifs is 2. The fourth-order valence-corrected chi connectivity index (χ4v) is 1.47. The van der Waals surface area contributed by atoms with Gasteiger partial charge in [-0.05, 0) is 18.4 Å². The van der Waals surface area contributed by atoms with Gasteiger partial charge in [-0.25, -0.2) is 0 Å². The van der Waals surface area contributed by atoms with Crippen molar-refractivity contribution in [3.63, 3.8) is 0 Å². The normalized spacial score (nSPS) is 31.8. The van der Waals surface area contributed by atoms with Gasteiger partial charge in [0, 0.05) is 13.1 Å². The van der Waals surface area contributed by atoms with Crippen LogP contribution >= 0.6 is 0 Å². The molecule has 1 fully saturated rings. The van der Waals surface area contributed by atoms with Crippen molar-refractivity contribution in [2.75, 3.05) is 13.1 Å². The molecule has 0 saturated carbocycles. The Hall–Kier alpha value is -0.790. The first kappa shape index (κ1) is 5.03. The monoisotopic (exact) mass is 123 g/mol. The summed E-state index contributed by atoms with van der Waals surface area (Å²) in [5.41, 5.74) is 0. The fraction of sp³-hybridized carbons (Fsp3) is 0.571. The highest BCUT2D eigenvalue weighted by atomic mass is 16.2. The molecule has 1 atom stereocenters. The Labute approximate surface area is 54.1 Å².